The zero-order valence-corrected chi connectivity index (χ0v) is 8.67. The molecule has 0 radical (unpaired) electrons. The topological polar surface area (TPSA) is 69.9 Å². The Hall–Kier alpha value is 0.310. The van der Waals surface area contributed by atoms with Gasteiger partial charge in [-0.3, -0.25) is 0 Å². The summed E-state index contributed by atoms with van der Waals surface area (Å²) in [5.41, 5.74) is 0. The second-order valence-corrected chi connectivity index (χ2v) is 3.92. The third kappa shape index (κ3) is 1.80. The molecule has 0 saturated heterocycles. The third-order valence-electron chi connectivity index (χ3n) is 1.89. The zero-order valence-electron chi connectivity index (χ0n) is 6.51. The molecule has 0 saturated carbocycles. The maximum atomic E-state index is 9.34. The summed E-state index contributed by atoms with van der Waals surface area (Å²) < 4.78 is 5.48. The zero-order chi connectivity index (χ0) is 9.30. The lowest BCUT2D eigenvalue weighted by Crippen LogP contribution is -2.48. The van der Waals surface area contributed by atoms with Crippen LogP contribution in [0.1, 0.15) is 0 Å². The lowest BCUT2D eigenvalue weighted by molar-refractivity contribution is -0.0986. The van der Waals surface area contributed by atoms with E-state index >= 15 is 0 Å². The van der Waals surface area contributed by atoms with E-state index in [0.29, 0.717) is 3.58 Å². The van der Waals surface area contributed by atoms with Crippen LogP contribution in [0.5, 0.6) is 0 Å². The van der Waals surface area contributed by atoms with Crippen LogP contribution in [0, 0.1) is 0 Å². The van der Waals surface area contributed by atoms with E-state index in [-0.39, 0.29) is 0 Å². The van der Waals surface area contributed by atoms with Crippen molar-refractivity contribution in [1.82, 2.24) is 0 Å². The first-order chi connectivity index (χ1) is 5.57. The van der Waals surface area contributed by atoms with Gasteiger partial charge in [0.25, 0.3) is 0 Å². The maximum absolute atomic E-state index is 9.34. The van der Waals surface area contributed by atoms with Crippen LogP contribution >= 0.6 is 22.6 Å². The molecule has 3 N–H and O–H groups in total. The van der Waals surface area contributed by atoms with E-state index in [9.17, 15) is 15.3 Å². The van der Waals surface area contributed by atoms with Crippen LogP contribution in [-0.4, -0.2) is 46.8 Å². The van der Waals surface area contributed by atoms with Crippen molar-refractivity contribution in [1.29, 1.82) is 0 Å². The number of aliphatic hydroxyl groups excluding tert-OH is 3. The Morgan fingerprint density at radius 1 is 1.33 bits per heavy atom. The van der Waals surface area contributed by atoms with Gasteiger partial charge < -0.3 is 20.1 Å². The Bertz CT molecular complexity index is 194. The highest BCUT2D eigenvalue weighted by Gasteiger charge is 2.36. The molecule has 0 unspecified atom stereocenters. The highest BCUT2D eigenvalue weighted by Crippen LogP contribution is 2.25. The number of rotatable bonds is 1. The van der Waals surface area contributed by atoms with Crippen molar-refractivity contribution in [2.45, 2.75) is 24.4 Å². The van der Waals surface area contributed by atoms with Gasteiger partial charge in [0, 0.05) is 10.7 Å². The second kappa shape index (κ2) is 4.01. The Balaban J connectivity index is 2.83. The normalized spacial score (nSPS) is 42.6. The predicted molar refractivity (Wildman–Crippen MR) is 50.9 cm³/mol. The second-order valence-electron chi connectivity index (χ2n) is 2.68. The lowest BCUT2D eigenvalue weighted by Gasteiger charge is -2.31. The summed E-state index contributed by atoms with van der Waals surface area (Å²) >= 11 is 1.91. The van der Waals surface area contributed by atoms with Crippen LogP contribution in [-0.2, 0) is 4.74 Å². The number of ether oxygens (including phenoxy) is 1. The van der Waals surface area contributed by atoms with E-state index in [4.69, 9.17) is 4.74 Å². The summed E-state index contributed by atoms with van der Waals surface area (Å²) in [7, 11) is 1.44. The van der Waals surface area contributed by atoms with Gasteiger partial charge in [-0.15, -0.1) is 0 Å². The lowest BCUT2D eigenvalue weighted by atomic mass is 9.96. The quantitative estimate of drug-likeness (QED) is 0.564. The Morgan fingerprint density at radius 3 is 2.42 bits per heavy atom. The van der Waals surface area contributed by atoms with Crippen LogP contribution < -0.4 is 0 Å². The van der Waals surface area contributed by atoms with Crippen LogP contribution in [0.15, 0.2) is 9.66 Å². The van der Waals surface area contributed by atoms with E-state index in [1.54, 1.807) is 6.08 Å². The molecule has 0 aromatic carbocycles. The van der Waals surface area contributed by atoms with Crippen molar-refractivity contribution in [3.8, 4) is 0 Å². The fourth-order valence-corrected chi connectivity index (χ4v) is 1.83. The van der Waals surface area contributed by atoms with Gasteiger partial charge in [-0.2, -0.15) is 0 Å². The van der Waals surface area contributed by atoms with E-state index in [1.165, 1.54) is 7.11 Å². The molecule has 0 fully saturated rings. The Morgan fingerprint density at radius 2 is 1.92 bits per heavy atom. The number of methoxy groups -OCH3 is 1. The van der Waals surface area contributed by atoms with E-state index < -0.39 is 24.4 Å². The molecule has 0 aromatic heterocycles. The fourth-order valence-electron chi connectivity index (χ4n) is 1.11. The van der Waals surface area contributed by atoms with Gasteiger partial charge in [-0.05, 0) is 28.7 Å². The van der Waals surface area contributed by atoms with Gasteiger partial charge in [-0.25, -0.2) is 0 Å². The van der Waals surface area contributed by atoms with Crippen molar-refractivity contribution in [2.75, 3.05) is 7.11 Å². The average Bonchev–Trinajstić information content (AvgIpc) is 2.08. The summed E-state index contributed by atoms with van der Waals surface area (Å²) in [6.07, 6.45) is -2.14. The minimum atomic E-state index is -1.16. The Labute approximate surface area is 84.0 Å². The number of hydrogen-bond donors (Lipinski definition) is 3. The van der Waals surface area contributed by atoms with Crippen LogP contribution in [0.3, 0.4) is 0 Å². The molecule has 0 aromatic rings. The SMILES string of the molecule is CO[C@@H]1C=C(I)[C@@H](O)[C@@H](O)[C@@H]1O. The van der Waals surface area contributed by atoms with Crippen molar-refractivity contribution in [2.24, 2.45) is 0 Å². The molecule has 70 valence electrons. The summed E-state index contributed by atoms with van der Waals surface area (Å²) in [5.74, 6) is 0. The third-order valence-corrected chi connectivity index (χ3v) is 2.89. The van der Waals surface area contributed by atoms with Crippen molar-refractivity contribution in [3.63, 3.8) is 0 Å². The molecular weight excluding hydrogens is 275 g/mol. The van der Waals surface area contributed by atoms with E-state index in [2.05, 4.69) is 0 Å². The molecule has 12 heavy (non-hydrogen) atoms. The minimum absolute atomic E-state index is 0.532. The number of halogens is 1. The van der Waals surface area contributed by atoms with Gasteiger partial charge in [-0.1, -0.05) is 0 Å². The number of hydrogen-bond acceptors (Lipinski definition) is 4. The molecule has 4 atom stereocenters. The van der Waals surface area contributed by atoms with Crippen molar-refractivity contribution >= 4 is 22.6 Å². The predicted octanol–water partition coefficient (Wildman–Crippen LogP) is -0.583. The fraction of sp³-hybridized carbons (Fsp3) is 0.714. The largest absolute Gasteiger partial charge is 0.387 e. The van der Waals surface area contributed by atoms with Gasteiger partial charge in [0.1, 0.15) is 24.4 Å². The van der Waals surface area contributed by atoms with Crippen LogP contribution in [0.25, 0.3) is 0 Å². The first kappa shape index (κ1) is 10.4. The maximum Gasteiger partial charge on any atom is 0.113 e. The van der Waals surface area contributed by atoms with Gasteiger partial charge in [0.15, 0.2) is 0 Å². The van der Waals surface area contributed by atoms with Crippen LogP contribution in [0.2, 0.25) is 0 Å². The minimum Gasteiger partial charge on any atom is -0.387 e. The summed E-state index contributed by atoms with van der Waals surface area (Å²) in [4.78, 5) is 0. The van der Waals surface area contributed by atoms with Crippen molar-refractivity contribution < 1.29 is 20.1 Å². The van der Waals surface area contributed by atoms with E-state index in [0.717, 1.165) is 0 Å². The molecular formula is C7H11IO4. The first-order valence-electron chi connectivity index (χ1n) is 3.52. The summed E-state index contributed by atoms with van der Waals surface area (Å²) in [6, 6.07) is 0. The number of aliphatic hydroxyl groups is 3. The van der Waals surface area contributed by atoms with Gasteiger partial charge in [0.05, 0.1) is 0 Å². The molecule has 1 aliphatic rings. The highest BCUT2D eigenvalue weighted by molar-refractivity contribution is 14.1. The monoisotopic (exact) mass is 286 g/mol. The molecule has 0 amide bonds. The smallest absolute Gasteiger partial charge is 0.113 e. The summed E-state index contributed by atoms with van der Waals surface area (Å²) in [6.45, 7) is 0. The van der Waals surface area contributed by atoms with Crippen molar-refractivity contribution in [3.05, 3.63) is 9.66 Å². The molecule has 1 rings (SSSR count). The molecule has 0 heterocycles. The molecule has 4 nitrogen and oxygen atoms in total. The first-order valence-corrected chi connectivity index (χ1v) is 4.60. The molecule has 5 heteroatoms. The highest BCUT2D eigenvalue weighted by atomic mass is 127. The average molecular weight is 286 g/mol. The molecule has 0 aliphatic heterocycles. The van der Waals surface area contributed by atoms with Gasteiger partial charge >= 0.3 is 0 Å². The molecule has 1 aliphatic carbocycles. The van der Waals surface area contributed by atoms with Gasteiger partial charge in [0.2, 0.25) is 0 Å². The molecule has 0 bridgehead atoms. The standard InChI is InChI=1S/C7H11IO4/c1-12-4-2-3(8)5(9)7(11)6(4)10/h2,4-7,9-11H,1H3/t4-,5-,6-,7-/m1/s1. The molecule has 0 spiro atoms. The summed E-state index contributed by atoms with van der Waals surface area (Å²) in [5, 5.41) is 27.9. The Kier molecular flexibility index (Phi) is 3.47. The van der Waals surface area contributed by atoms with Crippen LogP contribution in [0.4, 0.5) is 0 Å². The van der Waals surface area contributed by atoms with E-state index in [1.807, 2.05) is 22.6 Å².